The van der Waals surface area contributed by atoms with Crippen molar-refractivity contribution in [3.8, 4) is 5.75 Å². The number of nitrogens with zero attached hydrogens (tertiary/aromatic N) is 3. The minimum Gasteiger partial charge on any atom is -0.495 e. The van der Waals surface area contributed by atoms with Crippen LogP contribution in [0.5, 0.6) is 5.75 Å². The molecule has 140 valence electrons. The second-order valence-electron chi connectivity index (χ2n) is 5.39. The zero-order chi connectivity index (χ0) is 19.4. The van der Waals surface area contributed by atoms with Crippen molar-refractivity contribution in [2.75, 3.05) is 18.3 Å². The highest BCUT2D eigenvalue weighted by molar-refractivity contribution is 7.98. The first-order chi connectivity index (χ1) is 13.0. The Hall–Kier alpha value is -2.42. The molecule has 0 amide bonds. The molecule has 0 aliphatic carbocycles. The van der Waals surface area contributed by atoms with E-state index < -0.39 is 5.56 Å². The van der Waals surface area contributed by atoms with Crippen LogP contribution < -0.4 is 21.5 Å². The lowest BCUT2D eigenvalue weighted by Crippen LogP contribution is -2.32. The van der Waals surface area contributed by atoms with Crippen molar-refractivity contribution in [1.29, 1.82) is 0 Å². The van der Waals surface area contributed by atoms with E-state index in [2.05, 4.69) is 15.5 Å². The Bertz CT molecular complexity index is 1010. The molecule has 1 heterocycles. The van der Waals surface area contributed by atoms with E-state index >= 15 is 0 Å². The molecule has 0 unspecified atom stereocenters. The van der Waals surface area contributed by atoms with Gasteiger partial charge in [0.1, 0.15) is 5.75 Å². The van der Waals surface area contributed by atoms with Crippen molar-refractivity contribution in [3.63, 3.8) is 0 Å². The van der Waals surface area contributed by atoms with Gasteiger partial charge >= 0.3 is 5.56 Å². The fraction of sp³-hybridized carbons (Fsp3) is 0.118. The van der Waals surface area contributed by atoms with E-state index in [1.165, 1.54) is 18.9 Å². The Kier molecular flexibility index (Phi) is 6.10. The van der Waals surface area contributed by atoms with Crippen molar-refractivity contribution >= 4 is 46.5 Å². The third-order valence-corrected chi connectivity index (χ3v) is 5.06. The number of thioether (sulfide) groups is 1. The van der Waals surface area contributed by atoms with Gasteiger partial charge in [0.25, 0.3) is 0 Å². The number of nitrogens with two attached hydrogens (primary N) is 1. The summed E-state index contributed by atoms with van der Waals surface area (Å²) in [5, 5.41) is 12.3. The maximum Gasteiger partial charge on any atom is 0.315 e. The summed E-state index contributed by atoms with van der Waals surface area (Å²) in [6.45, 7) is 0. The molecule has 0 aliphatic rings. The average Bonchev–Trinajstić information content (AvgIpc) is 2.66. The first-order valence-corrected chi connectivity index (χ1v) is 9.44. The number of ether oxygens (including phenoxy) is 1. The standard InChI is InChI=1S/C17H15Cl2N5O2S/c1-26-14-7-6-12(19)8-13(14)21-15-16(25)24(20)17(23-22-15)27-9-10-2-4-11(18)5-3-10/h2-8H,9,20H2,1H3,(H,21,22). The molecule has 0 radical (unpaired) electrons. The third kappa shape index (κ3) is 4.65. The largest absolute Gasteiger partial charge is 0.495 e. The van der Waals surface area contributed by atoms with Crippen LogP contribution in [-0.4, -0.2) is 22.0 Å². The number of anilines is 2. The average molecular weight is 424 g/mol. The molecule has 0 aliphatic heterocycles. The minimum absolute atomic E-state index is 0.0334. The summed E-state index contributed by atoms with van der Waals surface area (Å²) >= 11 is 13.2. The third-order valence-electron chi connectivity index (χ3n) is 3.56. The number of rotatable bonds is 6. The van der Waals surface area contributed by atoms with Gasteiger partial charge in [-0.3, -0.25) is 4.79 Å². The molecule has 7 nitrogen and oxygen atoms in total. The second-order valence-corrected chi connectivity index (χ2v) is 7.21. The zero-order valence-electron chi connectivity index (χ0n) is 14.1. The molecule has 0 fully saturated rings. The smallest absolute Gasteiger partial charge is 0.315 e. The van der Waals surface area contributed by atoms with Gasteiger partial charge in [-0.25, -0.2) is 0 Å². The molecule has 3 rings (SSSR count). The Labute approximate surface area is 169 Å². The van der Waals surface area contributed by atoms with Crippen molar-refractivity contribution < 1.29 is 4.74 Å². The first kappa shape index (κ1) is 19.3. The number of benzene rings is 2. The molecule has 1 aromatic heterocycles. The monoisotopic (exact) mass is 423 g/mol. The number of halogens is 2. The van der Waals surface area contributed by atoms with Gasteiger partial charge in [-0.2, -0.15) is 4.68 Å². The van der Waals surface area contributed by atoms with Crippen molar-refractivity contribution in [2.45, 2.75) is 10.9 Å². The van der Waals surface area contributed by atoms with E-state index in [0.29, 0.717) is 32.4 Å². The molecule has 0 spiro atoms. The van der Waals surface area contributed by atoms with Crippen LogP contribution in [0.25, 0.3) is 0 Å². The van der Waals surface area contributed by atoms with Crippen LogP contribution >= 0.6 is 35.0 Å². The molecule has 3 N–H and O–H groups in total. The van der Waals surface area contributed by atoms with Crippen LogP contribution in [0.3, 0.4) is 0 Å². The molecule has 0 bridgehead atoms. The SMILES string of the molecule is COc1ccc(Cl)cc1Nc1nnc(SCc2ccc(Cl)cc2)n(N)c1=O. The van der Waals surface area contributed by atoms with E-state index in [4.69, 9.17) is 33.8 Å². The van der Waals surface area contributed by atoms with E-state index in [-0.39, 0.29) is 5.82 Å². The van der Waals surface area contributed by atoms with Gasteiger partial charge in [0.2, 0.25) is 11.0 Å². The van der Waals surface area contributed by atoms with Crippen LogP contribution in [0.4, 0.5) is 11.5 Å². The van der Waals surface area contributed by atoms with Gasteiger partial charge in [0.15, 0.2) is 0 Å². The second kappa shape index (κ2) is 8.51. The molecule has 2 aromatic carbocycles. The summed E-state index contributed by atoms with van der Waals surface area (Å²) in [6.07, 6.45) is 0. The summed E-state index contributed by atoms with van der Waals surface area (Å²) < 4.78 is 6.19. The predicted octanol–water partition coefficient (Wildman–Crippen LogP) is 3.70. The quantitative estimate of drug-likeness (QED) is 0.460. The molecule has 0 saturated carbocycles. The molecule has 3 aromatic rings. The number of nitrogen functional groups attached to an aromatic ring is 1. The van der Waals surface area contributed by atoms with E-state index in [0.717, 1.165) is 10.2 Å². The highest BCUT2D eigenvalue weighted by atomic mass is 35.5. The van der Waals surface area contributed by atoms with Gasteiger partial charge in [-0.05, 0) is 35.9 Å². The number of methoxy groups -OCH3 is 1. The summed E-state index contributed by atoms with van der Waals surface area (Å²) in [5.74, 6) is 6.93. The molecule has 27 heavy (non-hydrogen) atoms. The highest BCUT2D eigenvalue weighted by Gasteiger charge is 2.13. The van der Waals surface area contributed by atoms with E-state index in [1.807, 2.05) is 12.1 Å². The lowest BCUT2D eigenvalue weighted by Gasteiger charge is -2.12. The summed E-state index contributed by atoms with van der Waals surface area (Å²) in [5.41, 5.74) is 0.980. The topological polar surface area (TPSA) is 95.1 Å². The van der Waals surface area contributed by atoms with Crippen LogP contribution in [0.15, 0.2) is 52.4 Å². The Morgan fingerprint density at radius 3 is 2.56 bits per heavy atom. The summed E-state index contributed by atoms with van der Waals surface area (Å²) in [7, 11) is 1.51. The number of hydrogen-bond acceptors (Lipinski definition) is 7. The highest BCUT2D eigenvalue weighted by Crippen LogP contribution is 2.29. The lowest BCUT2D eigenvalue weighted by molar-refractivity contribution is 0.417. The Morgan fingerprint density at radius 1 is 1.15 bits per heavy atom. The normalized spacial score (nSPS) is 10.6. The molecule has 0 atom stereocenters. The van der Waals surface area contributed by atoms with Gasteiger partial charge in [0, 0.05) is 15.8 Å². The van der Waals surface area contributed by atoms with Crippen LogP contribution in [0.1, 0.15) is 5.56 Å². The fourth-order valence-corrected chi connectivity index (χ4v) is 3.30. The van der Waals surface area contributed by atoms with Crippen LogP contribution in [-0.2, 0) is 5.75 Å². The van der Waals surface area contributed by atoms with Gasteiger partial charge in [-0.1, -0.05) is 47.1 Å². The number of aromatic nitrogens is 3. The maximum absolute atomic E-state index is 12.5. The molecule has 10 heteroatoms. The van der Waals surface area contributed by atoms with Gasteiger partial charge < -0.3 is 15.9 Å². The van der Waals surface area contributed by atoms with Crippen LogP contribution in [0, 0.1) is 0 Å². The van der Waals surface area contributed by atoms with Crippen molar-refractivity contribution in [3.05, 3.63) is 68.4 Å². The number of nitrogens with one attached hydrogen (secondary N) is 1. The molecule has 0 saturated heterocycles. The van der Waals surface area contributed by atoms with Crippen molar-refractivity contribution in [2.24, 2.45) is 0 Å². The summed E-state index contributed by atoms with van der Waals surface area (Å²) in [6, 6.07) is 12.3. The van der Waals surface area contributed by atoms with Crippen LogP contribution in [0.2, 0.25) is 10.0 Å². The zero-order valence-corrected chi connectivity index (χ0v) is 16.5. The van der Waals surface area contributed by atoms with Crippen molar-refractivity contribution in [1.82, 2.24) is 14.9 Å². The molecular formula is C17H15Cl2N5O2S. The first-order valence-electron chi connectivity index (χ1n) is 7.70. The van der Waals surface area contributed by atoms with E-state index in [9.17, 15) is 4.79 Å². The van der Waals surface area contributed by atoms with Gasteiger partial charge in [-0.15, -0.1) is 10.2 Å². The van der Waals surface area contributed by atoms with E-state index in [1.54, 1.807) is 30.3 Å². The molecular weight excluding hydrogens is 409 g/mol. The lowest BCUT2D eigenvalue weighted by atomic mass is 10.2. The maximum atomic E-state index is 12.5. The Balaban J connectivity index is 1.80. The number of hydrogen-bond donors (Lipinski definition) is 2. The fourth-order valence-electron chi connectivity index (χ4n) is 2.20. The van der Waals surface area contributed by atoms with Gasteiger partial charge in [0.05, 0.1) is 12.8 Å². The minimum atomic E-state index is -0.523. The Morgan fingerprint density at radius 2 is 1.85 bits per heavy atom. The summed E-state index contributed by atoms with van der Waals surface area (Å²) in [4.78, 5) is 12.5. The predicted molar refractivity (Wildman–Crippen MR) is 109 cm³/mol.